The lowest BCUT2D eigenvalue weighted by molar-refractivity contribution is 0.0938. The first-order valence-electron chi connectivity index (χ1n) is 9.61. The Morgan fingerprint density at radius 3 is 2.37 bits per heavy atom. The molecule has 1 N–H and O–H groups in total. The van der Waals surface area contributed by atoms with Gasteiger partial charge in [-0.3, -0.25) is 9.59 Å². The number of sulfone groups is 1. The molecule has 0 spiro atoms. The first-order chi connectivity index (χ1) is 14.2. The fraction of sp³-hybridized carbons (Fsp3) is 0.167. The molecule has 30 heavy (non-hydrogen) atoms. The molecule has 5 nitrogen and oxygen atoms in total. The third-order valence-corrected chi connectivity index (χ3v) is 7.30. The molecule has 152 valence electrons. The zero-order chi connectivity index (χ0) is 21.6. The molecule has 3 aromatic rings. The molecule has 0 saturated carbocycles. The highest BCUT2D eigenvalue weighted by Crippen LogP contribution is 2.34. The Morgan fingerprint density at radius 2 is 1.60 bits per heavy atom. The van der Waals surface area contributed by atoms with E-state index in [0.29, 0.717) is 0 Å². The van der Waals surface area contributed by atoms with Crippen LogP contribution in [0.5, 0.6) is 0 Å². The molecule has 1 amide bonds. The molecule has 1 heterocycles. The smallest absolute Gasteiger partial charge is 0.251 e. The summed E-state index contributed by atoms with van der Waals surface area (Å²) in [6, 6.07) is 16.1. The SMILES string of the molecule is Cc1ccc(C)c([C@H](C)NC(=O)c2ccc3c(c2)S(=O)(=O)c2ccccc2C3=O)c1. The van der Waals surface area contributed by atoms with Gasteiger partial charge in [-0.25, -0.2) is 8.42 Å². The zero-order valence-corrected chi connectivity index (χ0v) is 17.7. The molecule has 3 aromatic carbocycles. The maximum atomic E-state index is 13.1. The second-order valence-corrected chi connectivity index (χ2v) is 9.48. The van der Waals surface area contributed by atoms with Crippen molar-refractivity contribution in [1.29, 1.82) is 0 Å². The van der Waals surface area contributed by atoms with Crippen LogP contribution in [0.1, 0.15) is 55.9 Å². The fourth-order valence-electron chi connectivity index (χ4n) is 3.81. The summed E-state index contributed by atoms with van der Waals surface area (Å²) in [5.41, 5.74) is 3.59. The Bertz CT molecular complexity index is 1310. The standard InChI is InChI=1S/C24H21NO4S/c1-14-8-9-15(2)20(12-14)16(3)25-24(27)17-10-11-19-22(13-17)30(28,29)21-7-5-4-6-18(21)23(19)26/h4-13,16H,1-3H3,(H,25,27)/t16-/m0/s1. The minimum atomic E-state index is -3.88. The zero-order valence-electron chi connectivity index (χ0n) is 16.9. The highest BCUT2D eigenvalue weighted by molar-refractivity contribution is 7.91. The van der Waals surface area contributed by atoms with Crippen LogP contribution < -0.4 is 5.32 Å². The third kappa shape index (κ3) is 3.23. The van der Waals surface area contributed by atoms with Crippen molar-refractivity contribution in [2.24, 2.45) is 0 Å². The molecule has 0 radical (unpaired) electrons. The van der Waals surface area contributed by atoms with Crippen LogP contribution in [0.4, 0.5) is 0 Å². The van der Waals surface area contributed by atoms with Crippen molar-refractivity contribution in [3.8, 4) is 0 Å². The number of fused-ring (bicyclic) bond motifs is 2. The monoisotopic (exact) mass is 419 g/mol. The summed E-state index contributed by atoms with van der Waals surface area (Å²) < 4.78 is 26.1. The fourth-order valence-corrected chi connectivity index (χ4v) is 5.49. The van der Waals surface area contributed by atoms with E-state index in [1.54, 1.807) is 12.1 Å². The summed E-state index contributed by atoms with van der Waals surface area (Å²) in [5, 5.41) is 2.93. The quantitative estimate of drug-likeness (QED) is 0.540. The van der Waals surface area contributed by atoms with Gasteiger partial charge in [0.2, 0.25) is 9.84 Å². The number of hydrogen-bond donors (Lipinski definition) is 1. The highest BCUT2D eigenvalue weighted by atomic mass is 32.2. The van der Waals surface area contributed by atoms with E-state index < -0.39 is 15.7 Å². The van der Waals surface area contributed by atoms with E-state index in [2.05, 4.69) is 5.32 Å². The summed E-state index contributed by atoms with van der Waals surface area (Å²) in [6.45, 7) is 5.85. The maximum Gasteiger partial charge on any atom is 0.251 e. The Balaban J connectivity index is 1.69. The maximum absolute atomic E-state index is 13.1. The molecule has 0 fully saturated rings. The van der Waals surface area contributed by atoms with Crippen molar-refractivity contribution in [3.63, 3.8) is 0 Å². The summed E-state index contributed by atoms with van der Waals surface area (Å²) in [4.78, 5) is 25.5. The number of rotatable bonds is 3. The van der Waals surface area contributed by atoms with Gasteiger partial charge in [0, 0.05) is 16.7 Å². The first-order valence-corrected chi connectivity index (χ1v) is 11.1. The van der Waals surface area contributed by atoms with Gasteiger partial charge in [-0.2, -0.15) is 0 Å². The van der Waals surface area contributed by atoms with Gasteiger partial charge in [-0.15, -0.1) is 0 Å². The summed E-state index contributed by atoms with van der Waals surface area (Å²) >= 11 is 0. The lowest BCUT2D eigenvalue weighted by Gasteiger charge is -2.20. The number of carbonyl (C=O) groups is 2. The molecule has 1 atom stereocenters. The summed E-state index contributed by atoms with van der Waals surface area (Å²) in [5.74, 6) is -0.751. The van der Waals surface area contributed by atoms with E-state index in [9.17, 15) is 18.0 Å². The number of aryl methyl sites for hydroxylation is 2. The van der Waals surface area contributed by atoms with Crippen molar-refractivity contribution >= 4 is 21.5 Å². The lowest BCUT2D eigenvalue weighted by Crippen LogP contribution is -2.28. The van der Waals surface area contributed by atoms with Crippen LogP contribution in [0, 0.1) is 13.8 Å². The molecular weight excluding hydrogens is 398 g/mol. The van der Waals surface area contributed by atoms with Crippen LogP contribution in [0.2, 0.25) is 0 Å². The molecular formula is C24H21NO4S. The molecule has 0 saturated heterocycles. The highest BCUT2D eigenvalue weighted by Gasteiger charge is 2.35. The van der Waals surface area contributed by atoms with Crippen LogP contribution >= 0.6 is 0 Å². The Morgan fingerprint density at radius 1 is 0.900 bits per heavy atom. The van der Waals surface area contributed by atoms with Gasteiger partial charge in [0.05, 0.1) is 15.8 Å². The van der Waals surface area contributed by atoms with E-state index in [4.69, 9.17) is 0 Å². The van der Waals surface area contributed by atoms with Crippen molar-refractivity contribution in [2.75, 3.05) is 0 Å². The van der Waals surface area contributed by atoms with Crippen LogP contribution in [0.25, 0.3) is 0 Å². The third-order valence-electron chi connectivity index (χ3n) is 5.45. The van der Waals surface area contributed by atoms with E-state index >= 15 is 0 Å². The molecule has 1 aliphatic heterocycles. The van der Waals surface area contributed by atoms with E-state index in [-0.39, 0.29) is 38.3 Å². The molecule has 6 heteroatoms. The first kappa shape index (κ1) is 20.0. The van der Waals surface area contributed by atoms with E-state index in [0.717, 1.165) is 16.7 Å². The molecule has 0 unspecified atom stereocenters. The number of carbonyl (C=O) groups excluding carboxylic acids is 2. The van der Waals surface area contributed by atoms with Crippen molar-refractivity contribution in [1.82, 2.24) is 5.32 Å². The molecule has 4 rings (SSSR count). The van der Waals surface area contributed by atoms with Gasteiger partial charge in [-0.1, -0.05) is 35.9 Å². The second-order valence-electron chi connectivity index (χ2n) is 7.59. The van der Waals surface area contributed by atoms with Gasteiger partial charge in [0.25, 0.3) is 5.91 Å². The van der Waals surface area contributed by atoms with Gasteiger partial charge in [-0.05, 0) is 62.2 Å². The number of nitrogens with one attached hydrogen (secondary N) is 1. The summed E-state index contributed by atoms with van der Waals surface area (Å²) in [7, 11) is -3.88. The van der Waals surface area contributed by atoms with Crippen LogP contribution in [0.15, 0.2) is 70.5 Å². The minimum absolute atomic E-state index is 0.0242. The molecule has 0 bridgehead atoms. The van der Waals surface area contributed by atoms with Crippen LogP contribution in [0.3, 0.4) is 0 Å². The van der Waals surface area contributed by atoms with Gasteiger partial charge in [0.1, 0.15) is 0 Å². The Hall–Kier alpha value is -3.25. The van der Waals surface area contributed by atoms with Crippen molar-refractivity contribution < 1.29 is 18.0 Å². The van der Waals surface area contributed by atoms with Crippen molar-refractivity contribution in [2.45, 2.75) is 36.6 Å². The summed E-state index contributed by atoms with van der Waals surface area (Å²) in [6.07, 6.45) is 0. The van der Waals surface area contributed by atoms with Gasteiger partial charge >= 0.3 is 0 Å². The largest absolute Gasteiger partial charge is 0.346 e. The topological polar surface area (TPSA) is 80.3 Å². The molecule has 1 aliphatic rings. The second kappa shape index (κ2) is 7.22. The van der Waals surface area contributed by atoms with E-state index in [1.165, 1.54) is 30.3 Å². The minimum Gasteiger partial charge on any atom is -0.346 e. The number of amides is 1. The Labute approximate surface area is 175 Å². The van der Waals surface area contributed by atoms with Crippen LogP contribution in [-0.4, -0.2) is 20.1 Å². The van der Waals surface area contributed by atoms with Gasteiger partial charge < -0.3 is 5.32 Å². The Kier molecular flexibility index (Phi) is 4.82. The average molecular weight is 420 g/mol. The van der Waals surface area contributed by atoms with Gasteiger partial charge in [0.15, 0.2) is 5.78 Å². The van der Waals surface area contributed by atoms with Crippen LogP contribution in [-0.2, 0) is 9.84 Å². The molecule has 0 aliphatic carbocycles. The van der Waals surface area contributed by atoms with Crippen molar-refractivity contribution in [3.05, 3.63) is 94.0 Å². The average Bonchev–Trinajstić information content (AvgIpc) is 2.73. The lowest BCUT2D eigenvalue weighted by atomic mass is 9.99. The number of ketones is 1. The predicted molar refractivity (Wildman–Crippen MR) is 114 cm³/mol. The van der Waals surface area contributed by atoms with E-state index in [1.807, 2.05) is 39.0 Å². The predicted octanol–water partition coefficient (Wildman–Crippen LogP) is 4.17. The number of benzene rings is 3. The number of hydrogen-bond acceptors (Lipinski definition) is 4. The molecule has 0 aromatic heterocycles. The normalized spacial score (nSPS) is 15.1.